The zero-order valence-corrected chi connectivity index (χ0v) is 15.7. The van der Waals surface area contributed by atoms with Crippen LogP contribution in [0.1, 0.15) is 27.7 Å². The zero-order valence-electron chi connectivity index (χ0n) is 15.7. The average Bonchev–Trinajstić information content (AvgIpc) is 2.57. The van der Waals surface area contributed by atoms with E-state index in [1.807, 2.05) is 0 Å². The lowest BCUT2D eigenvalue weighted by Crippen LogP contribution is -2.54. The molecule has 27 heavy (non-hydrogen) atoms. The van der Waals surface area contributed by atoms with Gasteiger partial charge in [-0.1, -0.05) is 0 Å². The molecule has 0 saturated carbocycles. The van der Waals surface area contributed by atoms with Gasteiger partial charge >= 0.3 is 0 Å². The molecule has 12 nitrogen and oxygen atoms in total. The first-order valence-electron chi connectivity index (χ1n) is 8.14. The molecule has 7 N–H and O–H groups in total. The average molecular weight is 386 g/mol. The smallest absolute Gasteiger partial charge is 0.242 e. The van der Waals surface area contributed by atoms with E-state index in [2.05, 4.69) is 26.6 Å². The number of hydrogen-bond donors (Lipinski definition) is 6. The van der Waals surface area contributed by atoms with Crippen LogP contribution in [0.15, 0.2) is 0 Å². The standard InChI is InChI=1S/C15H26N6O6/c1-7(13(16)25)20-15(27)9(3)21-14(26)8(2)19-12(24)6-18-11(23)5-17-10(4)22/h7-9H,5-6H2,1-4H3,(H2,16,25)(H,17,22)(H,18,23)(H,19,24)(H,20,27)(H,21,26)/t7-,8-,9-/m0/s1. The summed E-state index contributed by atoms with van der Waals surface area (Å²) in [6.45, 7) is 4.78. The third-order valence-corrected chi connectivity index (χ3v) is 3.25. The maximum absolute atomic E-state index is 12.0. The van der Waals surface area contributed by atoms with Gasteiger partial charge in [0.15, 0.2) is 0 Å². The molecule has 0 rings (SSSR count). The van der Waals surface area contributed by atoms with Crippen molar-refractivity contribution in [2.75, 3.05) is 13.1 Å². The second-order valence-corrected chi connectivity index (χ2v) is 5.84. The first-order chi connectivity index (χ1) is 12.4. The maximum Gasteiger partial charge on any atom is 0.242 e. The molecular formula is C15H26N6O6. The highest BCUT2D eigenvalue weighted by Crippen LogP contribution is 1.90. The molecule has 0 aromatic carbocycles. The summed E-state index contributed by atoms with van der Waals surface area (Å²) in [6, 6.07) is -2.83. The Labute approximate surface area is 156 Å². The van der Waals surface area contributed by atoms with Crippen LogP contribution >= 0.6 is 0 Å². The normalized spacial score (nSPS) is 13.3. The lowest BCUT2D eigenvalue weighted by atomic mass is 10.2. The molecule has 0 radical (unpaired) electrons. The van der Waals surface area contributed by atoms with Crippen LogP contribution < -0.4 is 32.3 Å². The Morgan fingerprint density at radius 3 is 1.63 bits per heavy atom. The molecule has 0 fully saturated rings. The molecule has 6 amide bonds. The van der Waals surface area contributed by atoms with Gasteiger partial charge < -0.3 is 32.3 Å². The lowest BCUT2D eigenvalue weighted by molar-refractivity contribution is -0.132. The van der Waals surface area contributed by atoms with E-state index in [0.717, 1.165) is 0 Å². The molecule has 0 aromatic heterocycles. The number of amides is 6. The van der Waals surface area contributed by atoms with Crippen molar-refractivity contribution in [3.8, 4) is 0 Å². The highest BCUT2D eigenvalue weighted by Gasteiger charge is 2.22. The summed E-state index contributed by atoms with van der Waals surface area (Å²) in [6.07, 6.45) is 0. The van der Waals surface area contributed by atoms with Gasteiger partial charge in [0.1, 0.15) is 18.1 Å². The Morgan fingerprint density at radius 1 is 0.704 bits per heavy atom. The summed E-state index contributed by atoms with van der Waals surface area (Å²) in [5, 5.41) is 11.6. The van der Waals surface area contributed by atoms with Crippen LogP contribution in [0.4, 0.5) is 0 Å². The molecule has 3 atom stereocenters. The monoisotopic (exact) mass is 386 g/mol. The van der Waals surface area contributed by atoms with Gasteiger partial charge in [-0.2, -0.15) is 0 Å². The number of rotatable bonds is 10. The van der Waals surface area contributed by atoms with Gasteiger partial charge in [-0.3, -0.25) is 28.8 Å². The van der Waals surface area contributed by atoms with E-state index >= 15 is 0 Å². The fraction of sp³-hybridized carbons (Fsp3) is 0.600. The maximum atomic E-state index is 12.0. The Balaban J connectivity index is 4.30. The zero-order chi connectivity index (χ0) is 21.1. The molecule has 152 valence electrons. The third kappa shape index (κ3) is 10.4. The molecule has 0 unspecified atom stereocenters. The molecule has 0 aliphatic carbocycles. The van der Waals surface area contributed by atoms with Crippen LogP contribution in [0, 0.1) is 0 Å². The molecule has 0 aliphatic rings. The molecule has 0 bridgehead atoms. The second kappa shape index (κ2) is 11.4. The minimum absolute atomic E-state index is 0.269. The number of carbonyl (C=O) groups is 6. The Hall–Kier alpha value is -3.18. The van der Waals surface area contributed by atoms with Gasteiger partial charge in [0.05, 0.1) is 13.1 Å². The van der Waals surface area contributed by atoms with Crippen LogP contribution in [-0.4, -0.2) is 66.7 Å². The van der Waals surface area contributed by atoms with Crippen molar-refractivity contribution in [3.63, 3.8) is 0 Å². The van der Waals surface area contributed by atoms with Crippen molar-refractivity contribution in [3.05, 3.63) is 0 Å². The number of carbonyl (C=O) groups excluding carboxylic acids is 6. The summed E-state index contributed by atoms with van der Waals surface area (Å²) >= 11 is 0. The molecule has 0 aromatic rings. The fourth-order valence-electron chi connectivity index (χ4n) is 1.62. The van der Waals surface area contributed by atoms with Crippen LogP contribution in [0.5, 0.6) is 0 Å². The van der Waals surface area contributed by atoms with E-state index in [1.165, 1.54) is 27.7 Å². The summed E-state index contributed by atoms with van der Waals surface area (Å²) in [5.74, 6) is -3.55. The minimum Gasteiger partial charge on any atom is -0.368 e. The van der Waals surface area contributed by atoms with Crippen molar-refractivity contribution >= 4 is 35.4 Å². The first kappa shape index (κ1) is 23.8. The summed E-state index contributed by atoms with van der Waals surface area (Å²) in [5.41, 5.74) is 5.03. The summed E-state index contributed by atoms with van der Waals surface area (Å²) < 4.78 is 0. The summed E-state index contributed by atoms with van der Waals surface area (Å²) in [7, 11) is 0. The van der Waals surface area contributed by atoms with E-state index in [1.54, 1.807) is 0 Å². The molecule has 0 aliphatic heterocycles. The van der Waals surface area contributed by atoms with E-state index in [-0.39, 0.29) is 19.0 Å². The number of primary amides is 1. The topological polar surface area (TPSA) is 189 Å². The van der Waals surface area contributed by atoms with Crippen LogP contribution in [0.3, 0.4) is 0 Å². The lowest BCUT2D eigenvalue weighted by Gasteiger charge is -2.19. The second-order valence-electron chi connectivity index (χ2n) is 5.84. The number of nitrogens with one attached hydrogen (secondary N) is 5. The first-order valence-corrected chi connectivity index (χ1v) is 8.14. The summed E-state index contributed by atoms with van der Waals surface area (Å²) in [4.78, 5) is 68.5. The largest absolute Gasteiger partial charge is 0.368 e. The molecule has 0 heterocycles. The highest BCUT2D eigenvalue weighted by molar-refractivity contribution is 5.94. The van der Waals surface area contributed by atoms with Crippen LogP contribution in [0.2, 0.25) is 0 Å². The van der Waals surface area contributed by atoms with Crippen molar-refractivity contribution in [1.82, 2.24) is 26.6 Å². The number of nitrogens with two attached hydrogens (primary N) is 1. The van der Waals surface area contributed by atoms with Crippen LogP contribution in [0.25, 0.3) is 0 Å². The van der Waals surface area contributed by atoms with Crippen molar-refractivity contribution < 1.29 is 28.8 Å². The van der Waals surface area contributed by atoms with E-state index in [9.17, 15) is 28.8 Å². The number of hydrogen-bond acceptors (Lipinski definition) is 6. The predicted octanol–water partition coefficient (Wildman–Crippen LogP) is -3.76. The Morgan fingerprint density at radius 2 is 1.15 bits per heavy atom. The van der Waals surface area contributed by atoms with Gasteiger partial charge in [-0.15, -0.1) is 0 Å². The van der Waals surface area contributed by atoms with Gasteiger partial charge in [0.25, 0.3) is 0 Å². The molecule has 0 spiro atoms. The Kier molecular flexibility index (Phi) is 10.1. The predicted molar refractivity (Wildman–Crippen MR) is 93.7 cm³/mol. The molecular weight excluding hydrogens is 360 g/mol. The SMILES string of the molecule is CC(=O)NCC(=O)NCC(=O)N[C@@H](C)C(=O)N[C@@H](C)C(=O)N[C@@H](C)C(N)=O. The van der Waals surface area contributed by atoms with Gasteiger partial charge in [-0.25, -0.2) is 0 Å². The van der Waals surface area contributed by atoms with Gasteiger partial charge in [0, 0.05) is 6.92 Å². The van der Waals surface area contributed by atoms with E-state index in [0.29, 0.717) is 0 Å². The van der Waals surface area contributed by atoms with Crippen molar-refractivity contribution in [2.45, 2.75) is 45.8 Å². The third-order valence-electron chi connectivity index (χ3n) is 3.25. The fourth-order valence-corrected chi connectivity index (χ4v) is 1.62. The molecule has 0 saturated heterocycles. The van der Waals surface area contributed by atoms with E-state index in [4.69, 9.17) is 5.73 Å². The van der Waals surface area contributed by atoms with Gasteiger partial charge in [0.2, 0.25) is 35.4 Å². The minimum atomic E-state index is -0.978. The van der Waals surface area contributed by atoms with E-state index < -0.39 is 47.7 Å². The van der Waals surface area contributed by atoms with Crippen molar-refractivity contribution in [2.24, 2.45) is 5.73 Å². The highest BCUT2D eigenvalue weighted by atomic mass is 16.2. The molecule has 12 heteroatoms. The van der Waals surface area contributed by atoms with Gasteiger partial charge in [-0.05, 0) is 20.8 Å². The Bertz CT molecular complexity index is 608. The quantitative estimate of drug-likeness (QED) is 0.223. The van der Waals surface area contributed by atoms with Crippen molar-refractivity contribution in [1.29, 1.82) is 0 Å². The van der Waals surface area contributed by atoms with Crippen LogP contribution in [-0.2, 0) is 28.8 Å².